The summed E-state index contributed by atoms with van der Waals surface area (Å²) in [4.78, 5) is 17.5. The Kier molecular flexibility index (Phi) is 5.93. The summed E-state index contributed by atoms with van der Waals surface area (Å²) in [7, 11) is -5.68. The molecule has 2 saturated heterocycles. The Morgan fingerprint density at radius 2 is 2.00 bits per heavy atom. The molecule has 3 fully saturated rings. The number of alkyl halides is 1. The number of pyridine rings is 1. The molecule has 208 valence electrons. The van der Waals surface area contributed by atoms with Gasteiger partial charge in [-0.2, -0.15) is 4.98 Å². The minimum absolute atomic E-state index is 0.0636. The van der Waals surface area contributed by atoms with E-state index in [1.165, 1.54) is 11.8 Å². The Bertz CT molecular complexity index is 1590. The molecule has 6 rings (SSSR count). The topological polar surface area (TPSA) is 101 Å². The van der Waals surface area contributed by atoms with Crippen LogP contribution in [0, 0.1) is 5.92 Å². The lowest BCUT2D eigenvalue weighted by Crippen LogP contribution is -2.57. The van der Waals surface area contributed by atoms with Gasteiger partial charge in [0, 0.05) is 61.8 Å². The van der Waals surface area contributed by atoms with Crippen LogP contribution >= 0.6 is 0 Å². The van der Waals surface area contributed by atoms with E-state index in [2.05, 4.69) is 44.2 Å². The number of sulfone groups is 1. The predicted molar refractivity (Wildman–Crippen MR) is 152 cm³/mol. The van der Waals surface area contributed by atoms with Gasteiger partial charge < -0.3 is 19.9 Å². The Balaban J connectivity index is 1.21. The van der Waals surface area contributed by atoms with E-state index in [1.54, 1.807) is 17.2 Å². The lowest BCUT2D eigenvalue weighted by Gasteiger charge is -2.48. The van der Waals surface area contributed by atoms with Crippen molar-refractivity contribution < 1.29 is 21.7 Å². The molecule has 1 aliphatic carbocycles. The van der Waals surface area contributed by atoms with E-state index < -0.39 is 29.2 Å². The van der Waals surface area contributed by atoms with E-state index >= 15 is 0 Å². The molecule has 9 nitrogen and oxygen atoms in total. The van der Waals surface area contributed by atoms with Gasteiger partial charge in [0.25, 0.3) is 0 Å². The van der Waals surface area contributed by atoms with Gasteiger partial charge in [-0.25, -0.2) is 22.8 Å². The van der Waals surface area contributed by atoms with Crippen molar-refractivity contribution in [2.45, 2.75) is 50.4 Å². The highest BCUT2D eigenvalue weighted by Gasteiger charge is 2.38. The molecule has 0 radical (unpaired) electrons. The van der Waals surface area contributed by atoms with Crippen LogP contribution in [0.15, 0.2) is 36.7 Å². The molecule has 0 amide bonds. The fraction of sp³-hybridized carbons (Fsp3) is 0.536. The summed E-state index contributed by atoms with van der Waals surface area (Å²) in [5.74, 6) is 2.27. The zero-order valence-electron chi connectivity index (χ0n) is 25.0. The number of aromatic nitrogens is 3. The second kappa shape index (κ2) is 10.2. The fourth-order valence-electron chi connectivity index (χ4n) is 5.80. The number of hydrogen-bond donors (Lipinski definition) is 1. The largest absolute Gasteiger partial charge is 0.378 e. The molecule has 1 saturated carbocycles. The molecule has 1 aromatic carbocycles. The third kappa shape index (κ3) is 5.38. The zero-order valence-corrected chi connectivity index (χ0v) is 22.9. The van der Waals surface area contributed by atoms with Crippen LogP contribution in [0.4, 0.5) is 27.7 Å². The van der Waals surface area contributed by atoms with E-state index in [4.69, 9.17) is 8.85 Å². The molecule has 3 aliphatic rings. The SMILES string of the molecule is [2H]C([2H])([2H])O[C@@H]1CCN(c2nccc(Nc3cc4c(C5CC5)ccc(N5C[C@H](CS(C)(=O)=O)[C@H]5C)c4cn3)n2)C[C@@H]1F. The highest BCUT2D eigenvalue weighted by Crippen LogP contribution is 2.46. The van der Waals surface area contributed by atoms with Crippen molar-refractivity contribution in [1.29, 1.82) is 0 Å². The van der Waals surface area contributed by atoms with Crippen molar-refractivity contribution in [3.05, 3.63) is 42.2 Å². The first-order valence-electron chi connectivity index (χ1n) is 14.9. The van der Waals surface area contributed by atoms with E-state index in [0.717, 1.165) is 29.3 Å². The first-order valence-corrected chi connectivity index (χ1v) is 15.4. The number of nitrogens with one attached hydrogen (secondary N) is 1. The van der Waals surface area contributed by atoms with Gasteiger partial charge in [0.05, 0.1) is 22.5 Å². The average molecular weight is 558 g/mol. The van der Waals surface area contributed by atoms with Crippen molar-refractivity contribution in [2.24, 2.45) is 5.92 Å². The first kappa shape index (κ1) is 22.7. The van der Waals surface area contributed by atoms with Gasteiger partial charge in [-0.3, -0.25) is 0 Å². The summed E-state index contributed by atoms with van der Waals surface area (Å²) in [5.41, 5.74) is 2.33. The quantitative estimate of drug-likeness (QED) is 0.439. The standard InChI is InChI=1S/C28H35FN6O3S/c1-17-19(16-39(3,36)37)14-35(17)24-7-6-20(18-4-5-18)21-12-27(31-13-22(21)24)32-26-8-10-30-28(33-26)34-11-9-25(38-2)23(29)15-34/h6-8,10,12-13,17-19,23,25H,4-5,9,11,14-16H2,1-3H3,(H,30,31,32,33)/t17-,19-,23+,25-/m1/s1/i2D3. The molecule has 3 aromatic rings. The summed E-state index contributed by atoms with van der Waals surface area (Å²) >= 11 is 0. The molecular weight excluding hydrogens is 519 g/mol. The lowest BCUT2D eigenvalue weighted by molar-refractivity contribution is 0.0194. The van der Waals surface area contributed by atoms with Crippen molar-refractivity contribution in [2.75, 3.05) is 53.8 Å². The van der Waals surface area contributed by atoms with Crippen LogP contribution in [-0.4, -0.2) is 80.4 Å². The van der Waals surface area contributed by atoms with Crippen LogP contribution in [0.25, 0.3) is 10.8 Å². The molecule has 4 heterocycles. The Morgan fingerprint density at radius 3 is 2.72 bits per heavy atom. The van der Waals surface area contributed by atoms with E-state index in [-0.39, 0.29) is 30.7 Å². The molecule has 11 heteroatoms. The number of methoxy groups -OCH3 is 1. The maximum absolute atomic E-state index is 14.7. The van der Waals surface area contributed by atoms with Crippen LogP contribution in [0.5, 0.6) is 0 Å². The number of ether oxygens (including phenoxy) is 1. The summed E-state index contributed by atoms with van der Waals surface area (Å²) in [5, 5.41) is 5.41. The van der Waals surface area contributed by atoms with Gasteiger partial charge in [0.15, 0.2) is 0 Å². The third-order valence-electron chi connectivity index (χ3n) is 8.18. The van der Waals surface area contributed by atoms with Gasteiger partial charge in [-0.15, -0.1) is 0 Å². The number of nitrogens with zero attached hydrogens (tertiary/aromatic N) is 5. The highest BCUT2D eigenvalue weighted by molar-refractivity contribution is 7.90. The van der Waals surface area contributed by atoms with Crippen molar-refractivity contribution >= 4 is 43.9 Å². The summed E-state index contributed by atoms with van der Waals surface area (Å²) in [6.45, 7) is 3.07. The normalized spacial score (nSPS) is 27.0. The second-order valence-electron chi connectivity index (χ2n) is 11.1. The maximum atomic E-state index is 14.7. The first-order chi connectivity index (χ1) is 19.8. The molecule has 4 atom stereocenters. The number of rotatable bonds is 8. The number of piperidine rings is 1. The summed E-state index contributed by atoms with van der Waals surface area (Å²) in [6, 6.07) is 8.18. The van der Waals surface area contributed by atoms with Crippen LogP contribution < -0.4 is 15.1 Å². The van der Waals surface area contributed by atoms with Crippen molar-refractivity contribution in [3.8, 4) is 0 Å². The minimum atomic E-state index is -3.04. The number of halogens is 1. The Morgan fingerprint density at radius 1 is 1.15 bits per heavy atom. The van der Waals surface area contributed by atoms with Gasteiger partial charge in [0.1, 0.15) is 27.6 Å². The van der Waals surface area contributed by atoms with E-state index in [1.807, 2.05) is 12.3 Å². The molecule has 39 heavy (non-hydrogen) atoms. The molecule has 2 aromatic heterocycles. The van der Waals surface area contributed by atoms with Crippen molar-refractivity contribution in [1.82, 2.24) is 15.0 Å². The second-order valence-corrected chi connectivity index (χ2v) is 13.3. The van der Waals surface area contributed by atoms with Gasteiger partial charge >= 0.3 is 0 Å². The third-order valence-corrected chi connectivity index (χ3v) is 9.21. The predicted octanol–water partition coefficient (Wildman–Crippen LogP) is 4.08. The summed E-state index contributed by atoms with van der Waals surface area (Å²) < 4.78 is 65.1. The van der Waals surface area contributed by atoms with Gasteiger partial charge in [-0.1, -0.05) is 6.07 Å². The van der Waals surface area contributed by atoms with E-state index in [0.29, 0.717) is 36.6 Å². The lowest BCUT2D eigenvalue weighted by atomic mass is 9.89. The Labute approximate surface area is 232 Å². The van der Waals surface area contributed by atoms with Crippen LogP contribution in [0.2, 0.25) is 0 Å². The Hall–Kier alpha value is -3.05. The number of hydrogen-bond acceptors (Lipinski definition) is 9. The number of fused-ring (bicyclic) bond motifs is 1. The smallest absolute Gasteiger partial charge is 0.227 e. The average Bonchev–Trinajstić information content (AvgIpc) is 3.76. The van der Waals surface area contributed by atoms with E-state index in [9.17, 15) is 12.8 Å². The zero-order chi connectivity index (χ0) is 29.8. The molecule has 0 spiro atoms. The van der Waals surface area contributed by atoms with Crippen LogP contribution in [0.1, 0.15) is 41.8 Å². The van der Waals surface area contributed by atoms with Crippen LogP contribution in [0.3, 0.4) is 0 Å². The van der Waals surface area contributed by atoms with Crippen LogP contribution in [-0.2, 0) is 14.6 Å². The molecule has 1 N–H and O–H groups in total. The molecule has 0 bridgehead atoms. The number of benzene rings is 1. The van der Waals surface area contributed by atoms with Gasteiger partial charge in [0.2, 0.25) is 5.95 Å². The molecule has 2 aliphatic heterocycles. The maximum Gasteiger partial charge on any atom is 0.227 e. The summed E-state index contributed by atoms with van der Waals surface area (Å²) in [6.07, 6.45) is 4.78. The monoisotopic (exact) mass is 557 g/mol. The van der Waals surface area contributed by atoms with Crippen molar-refractivity contribution in [3.63, 3.8) is 0 Å². The highest BCUT2D eigenvalue weighted by atomic mass is 32.2. The number of anilines is 4. The molecular formula is C28H35FN6O3S. The molecule has 0 unspecified atom stereocenters. The van der Waals surface area contributed by atoms with Gasteiger partial charge in [-0.05, 0) is 61.3 Å². The minimum Gasteiger partial charge on any atom is -0.378 e. The fourth-order valence-corrected chi connectivity index (χ4v) is 6.96.